The van der Waals surface area contributed by atoms with Crippen LogP contribution in [0.25, 0.3) is 0 Å². The Morgan fingerprint density at radius 1 is 1.35 bits per heavy atom. The van der Waals surface area contributed by atoms with Crippen LogP contribution in [0.2, 0.25) is 0 Å². The van der Waals surface area contributed by atoms with Crippen LogP contribution in [0.4, 0.5) is 0 Å². The molecule has 4 heteroatoms. The zero-order valence-electron chi connectivity index (χ0n) is 11.2. The van der Waals surface area contributed by atoms with Gasteiger partial charge in [0, 0.05) is 18.5 Å². The van der Waals surface area contributed by atoms with Crippen LogP contribution in [-0.2, 0) is 4.79 Å². The van der Waals surface area contributed by atoms with E-state index < -0.39 is 0 Å². The fraction of sp³-hybridized carbons (Fsp3) is 0.923. The molecule has 0 aromatic rings. The largest absolute Gasteiger partial charge is 0.395 e. The summed E-state index contributed by atoms with van der Waals surface area (Å²) in [6.45, 7) is 7.33. The first-order chi connectivity index (χ1) is 8.14. The second-order valence-electron chi connectivity index (χ2n) is 5.18. The first-order valence-electron chi connectivity index (χ1n) is 6.75. The van der Waals surface area contributed by atoms with E-state index in [1.807, 2.05) is 4.90 Å². The molecule has 0 bridgehead atoms. The van der Waals surface area contributed by atoms with Crippen molar-refractivity contribution in [1.82, 2.24) is 10.2 Å². The molecule has 17 heavy (non-hydrogen) atoms. The molecule has 100 valence electrons. The van der Waals surface area contributed by atoms with Crippen molar-refractivity contribution in [2.24, 2.45) is 5.41 Å². The molecule has 0 aliphatic carbocycles. The predicted molar refractivity (Wildman–Crippen MR) is 68.8 cm³/mol. The summed E-state index contributed by atoms with van der Waals surface area (Å²) in [7, 11) is 0. The smallest absolute Gasteiger partial charge is 0.228 e. The number of unbranched alkanes of at least 4 members (excludes halogenated alkanes) is 1. The lowest BCUT2D eigenvalue weighted by atomic mass is 9.79. The Kier molecular flexibility index (Phi) is 5.92. The molecule has 1 heterocycles. The van der Waals surface area contributed by atoms with E-state index in [1.54, 1.807) is 0 Å². The Balaban J connectivity index is 2.61. The van der Waals surface area contributed by atoms with Gasteiger partial charge in [0.15, 0.2) is 0 Å². The van der Waals surface area contributed by atoms with Gasteiger partial charge in [-0.1, -0.05) is 20.3 Å². The highest BCUT2D eigenvalue weighted by atomic mass is 16.3. The number of aliphatic hydroxyl groups is 1. The first kappa shape index (κ1) is 14.5. The van der Waals surface area contributed by atoms with Crippen molar-refractivity contribution < 1.29 is 9.90 Å². The SMILES string of the molecule is CCCCN(CCO)C(=O)C1(C)CCNCC1. The molecule has 1 fully saturated rings. The van der Waals surface area contributed by atoms with Crippen molar-refractivity contribution in [3.63, 3.8) is 0 Å². The molecular formula is C13H26N2O2. The van der Waals surface area contributed by atoms with Gasteiger partial charge in [-0.05, 0) is 32.4 Å². The number of aliphatic hydroxyl groups excluding tert-OH is 1. The Hall–Kier alpha value is -0.610. The van der Waals surface area contributed by atoms with Crippen LogP contribution >= 0.6 is 0 Å². The number of piperidine rings is 1. The second kappa shape index (κ2) is 6.97. The lowest BCUT2D eigenvalue weighted by Crippen LogP contribution is -2.48. The average Bonchev–Trinajstić information content (AvgIpc) is 2.34. The van der Waals surface area contributed by atoms with E-state index in [0.717, 1.165) is 45.3 Å². The maximum Gasteiger partial charge on any atom is 0.228 e. The number of rotatable bonds is 6. The van der Waals surface area contributed by atoms with Gasteiger partial charge in [-0.25, -0.2) is 0 Å². The molecule has 0 saturated carbocycles. The highest BCUT2D eigenvalue weighted by Crippen LogP contribution is 2.30. The van der Waals surface area contributed by atoms with Gasteiger partial charge in [-0.2, -0.15) is 0 Å². The fourth-order valence-corrected chi connectivity index (χ4v) is 2.36. The molecule has 2 N–H and O–H groups in total. The molecule has 0 radical (unpaired) electrons. The van der Waals surface area contributed by atoms with Gasteiger partial charge in [-0.3, -0.25) is 4.79 Å². The number of amides is 1. The van der Waals surface area contributed by atoms with Crippen LogP contribution in [-0.4, -0.2) is 48.7 Å². The third kappa shape index (κ3) is 3.96. The lowest BCUT2D eigenvalue weighted by Gasteiger charge is -2.37. The number of nitrogens with one attached hydrogen (secondary N) is 1. The van der Waals surface area contributed by atoms with Gasteiger partial charge in [0.05, 0.1) is 6.61 Å². The maximum absolute atomic E-state index is 12.5. The van der Waals surface area contributed by atoms with Crippen LogP contribution in [0.1, 0.15) is 39.5 Å². The monoisotopic (exact) mass is 242 g/mol. The van der Waals surface area contributed by atoms with Crippen molar-refractivity contribution in [1.29, 1.82) is 0 Å². The highest BCUT2D eigenvalue weighted by molar-refractivity contribution is 5.82. The molecule has 1 rings (SSSR count). The summed E-state index contributed by atoms with van der Waals surface area (Å²) in [4.78, 5) is 14.3. The first-order valence-corrected chi connectivity index (χ1v) is 6.75. The highest BCUT2D eigenvalue weighted by Gasteiger charge is 2.37. The van der Waals surface area contributed by atoms with Gasteiger partial charge in [0.1, 0.15) is 0 Å². The molecule has 0 aromatic carbocycles. The summed E-state index contributed by atoms with van der Waals surface area (Å²) < 4.78 is 0. The molecule has 4 nitrogen and oxygen atoms in total. The third-order valence-corrected chi connectivity index (χ3v) is 3.66. The van der Waals surface area contributed by atoms with Crippen LogP contribution in [0.5, 0.6) is 0 Å². The molecule has 0 aromatic heterocycles. The zero-order valence-corrected chi connectivity index (χ0v) is 11.2. The summed E-state index contributed by atoms with van der Waals surface area (Å²) in [5, 5.41) is 12.3. The van der Waals surface area contributed by atoms with E-state index in [2.05, 4.69) is 19.2 Å². The van der Waals surface area contributed by atoms with E-state index >= 15 is 0 Å². The minimum atomic E-state index is -0.228. The molecule has 0 unspecified atom stereocenters. The molecule has 0 spiro atoms. The fourth-order valence-electron chi connectivity index (χ4n) is 2.36. The summed E-state index contributed by atoms with van der Waals surface area (Å²) in [5.74, 6) is 0.224. The van der Waals surface area contributed by atoms with E-state index in [9.17, 15) is 4.79 Å². The van der Waals surface area contributed by atoms with E-state index in [-0.39, 0.29) is 17.9 Å². The average molecular weight is 242 g/mol. The zero-order chi connectivity index (χ0) is 12.7. The summed E-state index contributed by atoms with van der Waals surface area (Å²) in [6.07, 6.45) is 3.90. The molecular weight excluding hydrogens is 216 g/mol. The number of hydrogen-bond acceptors (Lipinski definition) is 3. The van der Waals surface area contributed by atoms with Crippen molar-refractivity contribution in [3.8, 4) is 0 Å². The van der Waals surface area contributed by atoms with Crippen molar-refractivity contribution in [2.45, 2.75) is 39.5 Å². The Morgan fingerprint density at radius 3 is 2.53 bits per heavy atom. The standard InChI is InChI=1S/C13H26N2O2/c1-3-4-9-15(10-11-16)12(17)13(2)5-7-14-8-6-13/h14,16H,3-11H2,1-2H3. The van der Waals surface area contributed by atoms with Crippen molar-refractivity contribution in [2.75, 3.05) is 32.8 Å². The normalized spacial score (nSPS) is 19.0. The molecule has 1 amide bonds. The summed E-state index contributed by atoms with van der Waals surface area (Å²) in [6, 6.07) is 0. The van der Waals surface area contributed by atoms with Gasteiger partial charge in [-0.15, -0.1) is 0 Å². The predicted octanol–water partition coefficient (Wildman–Crippen LogP) is 0.997. The van der Waals surface area contributed by atoms with E-state index in [1.165, 1.54) is 0 Å². The topological polar surface area (TPSA) is 52.6 Å². The van der Waals surface area contributed by atoms with Gasteiger partial charge >= 0.3 is 0 Å². The van der Waals surface area contributed by atoms with E-state index in [4.69, 9.17) is 5.11 Å². The van der Waals surface area contributed by atoms with Gasteiger partial charge in [0.2, 0.25) is 5.91 Å². The molecule has 1 saturated heterocycles. The summed E-state index contributed by atoms with van der Waals surface area (Å²) >= 11 is 0. The number of nitrogens with zero attached hydrogens (tertiary/aromatic N) is 1. The third-order valence-electron chi connectivity index (χ3n) is 3.66. The Morgan fingerprint density at radius 2 is 2.00 bits per heavy atom. The number of carbonyl (C=O) groups excluding carboxylic acids is 1. The van der Waals surface area contributed by atoms with E-state index in [0.29, 0.717) is 6.54 Å². The number of hydrogen-bond donors (Lipinski definition) is 2. The quantitative estimate of drug-likeness (QED) is 0.730. The minimum absolute atomic E-state index is 0.0593. The Bertz CT molecular complexity index is 238. The van der Waals surface area contributed by atoms with Crippen LogP contribution in [0, 0.1) is 5.41 Å². The van der Waals surface area contributed by atoms with Crippen molar-refractivity contribution >= 4 is 5.91 Å². The summed E-state index contributed by atoms with van der Waals surface area (Å²) in [5.41, 5.74) is -0.228. The van der Waals surface area contributed by atoms with Crippen molar-refractivity contribution in [3.05, 3.63) is 0 Å². The molecule has 0 atom stereocenters. The lowest BCUT2D eigenvalue weighted by molar-refractivity contribution is -0.143. The number of carbonyl (C=O) groups is 1. The second-order valence-corrected chi connectivity index (χ2v) is 5.18. The minimum Gasteiger partial charge on any atom is -0.395 e. The molecule has 1 aliphatic rings. The van der Waals surface area contributed by atoms with Gasteiger partial charge < -0.3 is 15.3 Å². The van der Waals surface area contributed by atoms with Crippen LogP contribution in [0.3, 0.4) is 0 Å². The van der Waals surface area contributed by atoms with Crippen LogP contribution in [0.15, 0.2) is 0 Å². The van der Waals surface area contributed by atoms with Gasteiger partial charge in [0.25, 0.3) is 0 Å². The molecule has 1 aliphatic heterocycles. The van der Waals surface area contributed by atoms with Crippen LogP contribution < -0.4 is 5.32 Å². The Labute approximate surface area is 104 Å². The maximum atomic E-state index is 12.5.